The van der Waals surface area contributed by atoms with Gasteiger partial charge in [-0.2, -0.15) is 5.10 Å². The topological polar surface area (TPSA) is 113 Å². The number of fused-ring (bicyclic) bond motifs is 1. The summed E-state index contributed by atoms with van der Waals surface area (Å²) in [6.45, 7) is 0.308. The summed E-state index contributed by atoms with van der Waals surface area (Å²) in [5, 5.41) is 14.7. The molecule has 4 rings (SSSR count). The summed E-state index contributed by atoms with van der Waals surface area (Å²) >= 11 is 24.2. The van der Waals surface area contributed by atoms with Gasteiger partial charge in [0.05, 0.1) is 21.5 Å². The van der Waals surface area contributed by atoms with Gasteiger partial charge in [-0.3, -0.25) is 14.7 Å². The molecule has 1 heterocycles. The molecule has 0 radical (unpaired) electrons. The monoisotopic (exact) mass is 549 g/mol. The molecule has 0 bridgehead atoms. The second-order valence-electron chi connectivity index (χ2n) is 7.74. The number of carbonyl (C=O) groups excluding carboxylic acids is 2. The Morgan fingerprint density at radius 1 is 0.914 bits per heavy atom. The standard InChI is InChI=1S/C24H19Cl4N5O2/c25-14-7-13(8-15(26)10-14)23(34)31-22-18-11-16(2-4-21(18)32-33-22)30-24(35)17(5-6-29)12-1-3-19(27)20(28)9-12/h1-4,7-11,17H,5-6,29H2,(H,30,35)(H2,31,32,33,34). The Bertz CT molecular complexity index is 1400. The van der Waals surface area contributed by atoms with Crippen LogP contribution in [0.25, 0.3) is 10.9 Å². The largest absolute Gasteiger partial charge is 0.330 e. The molecule has 3 aromatic carbocycles. The number of amides is 2. The highest BCUT2D eigenvalue weighted by atomic mass is 35.5. The van der Waals surface area contributed by atoms with Crippen molar-refractivity contribution in [2.24, 2.45) is 5.73 Å². The molecule has 1 unspecified atom stereocenters. The number of halogens is 4. The third-order valence-corrected chi connectivity index (χ3v) is 6.48. The number of nitrogens with one attached hydrogen (secondary N) is 3. The van der Waals surface area contributed by atoms with Gasteiger partial charge in [-0.1, -0.05) is 52.5 Å². The first-order chi connectivity index (χ1) is 16.7. The fourth-order valence-electron chi connectivity index (χ4n) is 3.63. The predicted octanol–water partition coefficient (Wildman–Crippen LogP) is 6.50. The second-order valence-corrected chi connectivity index (χ2v) is 9.42. The number of aromatic nitrogens is 2. The molecule has 1 atom stereocenters. The number of carbonyl (C=O) groups is 2. The van der Waals surface area contributed by atoms with E-state index in [9.17, 15) is 9.59 Å². The van der Waals surface area contributed by atoms with Crippen LogP contribution in [0.5, 0.6) is 0 Å². The lowest BCUT2D eigenvalue weighted by Crippen LogP contribution is -2.23. The Morgan fingerprint density at radius 2 is 1.66 bits per heavy atom. The number of benzene rings is 3. The molecule has 0 saturated heterocycles. The summed E-state index contributed by atoms with van der Waals surface area (Å²) in [4.78, 5) is 25.8. The molecule has 11 heteroatoms. The minimum Gasteiger partial charge on any atom is -0.330 e. The van der Waals surface area contributed by atoms with Crippen LogP contribution >= 0.6 is 46.4 Å². The second kappa shape index (κ2) is 10.8. The van der Waals surface area contributed by atoms with E-state index < -0.39 is 11.8 Å². The molecule has 7 nitrogen and oxygen atoms in total. The van der Waals surface area contributed by atoms with Crippen LogP contribution in [-0.4, -0.2) is 28.6 Å². The average molecular weight is 551 g/mol. The minimum atomic E-state index is -0.526. The third kappa shape index (κ3) is 5.89. The minimum absolute atomic E-state index is 0.254. The highest BCUT2D eigenvalue weighted by Crippen LogP contribution is 2.30. The van der Waals surface area contributed by atoms with Crippen LogP contribution in [0, 0.1) is 0 Å². The molecule has 4 aromatic rings. The maximum atomic E-state index is 13.1. The van der Waals surface area contributed by atoms with Gasteiger partial charge in [0.15, 0.2) is 5.82 Å². The summed E-state index contributed by atoms with van der Waals surface area (Å²) in [7, 11) is 0. The Labute approximate surface area is 220 Å². The normalized spacial score (nSPS) is 11.9. The number of nitrogens with zero attached hydrogens (tertiary/aromatic N) is 1. The maximum absolute atomic E-state index is 13.1. The van der Waals surface area contributed by atoms with E-state index in [4.69, 9.17) is 52.1 Å². The van der Waals surface area contributed by atoms with Crippen LogP contribution < -0.4 is 16.4 Å². The number of hydrogen-bond donors (Lipinski definition) is 4. The van der Waals surface area contributed by atoms with E-state index in [2.05, 4.69) is 20.8 Å². The molecule has 5 N–H and O–H groups in total. The molecule has 0 aliphatic rings. The summed E-state index contributed by atoms with van der Waals surface area (Å²) in [6, 6.07) is 14.8. The Hall–Kier alpha value is -2.81. The van der Waals surface area contributed by atoms with E-state index in [1.54, 1.807) is 36.4 Å². The van der Waals surface area contributed by atoms with Crippen molar-refractivity contribution in [2.75, 3.05) is 17.2 Å². The van der Waals surface area contributed by atoms with Gasteiger partial charge in [0, 0.05) is 26.7 Å². The molecule has 0 spiro atoms. The van der Waals surface area contributed by atoms with Crippen LogP contribution in [-0.2, 0) is 4.79 Å². The zero-order valence-electron chi connectivity index (χ0n) is 18.0. The molecule has 0 fully saturated rings. The molecule has 2 amide bonds. The van der Waals surface area contributed by atoms with Crippen molar-refractivity contribution in [3.63, 3.8) is 0 Å². The predicted molar refractivity (Wildman–Crippen MR) is 142 cm³/mol. The van der Waals surface area contributed by atoms with Gasteiger partial charge in [0.1, 0.15) is 0 Å². The molecule has 35 heavy (non-hydrogen) atoms. The SMILES string of the molecule is NCCC(C(=O)Nc1ccc2[nH]nc(NC(=O)c3cc(Cl)cc(Cl)c3)c2c1)c1ccc(Cl)c(Cl)c1. The number of aromatic amines is 1. The van der Waals surface area contributed by atoms with E-state index in [-0.39, 0.29) is 11.5 Å². The smallest absolute Gasteiger partial charge is 0.256 e. The van der Waals surface area contributed by atoms with Crippen LogP contribution in [0.2, 0.25) is 20.1 Å². The Balaban J connectivity index is 1.57. The quantitative estimate of drug-likeness (QED) is 0.210. The first-order valence-electron chi connectivity index (χ1n) is 10.5. The van der Waals surface area contributed by atoms with Gasteiger partial charge in [-0.05, 0) is 67.1 Å². The summed E-state index contributed by atoms with van der Waals surface area (Å²) < 4.78 is 0. The summed E-state index contributed by atoms with van der Waals surface area (Å²) in [5.74, 6) is -0.919. The number of H-pyrrole nitrogens is 1. The molecular weight excluding hydrogens is 532 g/mol. The van der Waals surface area contributed by atoms with E-state index >= 15 is 0 Å². The van der Waals surface area contributed by atoms with Gasteiger partial charge in [-0.15, -0.1) is 0 Å². The van der Waals surface area contributed by atoms with Crippen molar-refractivity contribution >= 4 is 80.6 Å². The number of rotatable bonds is 7. The van der Waals surface area contributed by atoms with Gasteiger partial charge in [0.2, 0.25) is 5.91 Å². The first kappa shape index (κ1) is 25.3. The van der Waals surface area contributed by atoms with E-state index in [0.717, 1.165) is 0 Å². The van der Waals surface area contributed by atoms with Crippen molar-refractivity contribution in [1.82, 2.24) is 10.2 Å². The van der Waals surface area contributed by atoms with E-state index in [1.807, 2.05) is 0 Å². The van der Waals surface area contributed by atoms with Gasteiger partial charge >= 0.3 is 0 Å². The van der Waals surface area contributed by atoms with Crippen molar-refractivity contribution in [3.8, 4) is 0 Å². The zero-order chi connectivity index (χ0) is 25.1. The van der Waals surface area contributed by atoms with Crippen LogP contribution in [0.3, 0.4) is 0 Å². The van der Waals surface area contributed by atoms with Gasteiger partial charge in [0.25, 0.3) is 5.91 Å². The van der Waals surface area contributed by atoms with Crippen molar-refractivity contribution in [1.29, 1.82) is 0 Å². The lowest BCUT2D eigenvalue weighted by molar-refractivity contribution is -0.117. The highest BCUT2D eigenvalue weighted by Gasteiger charge is 2.21. The molecule has 180 valence electrons. The van der Waals surface area contributed by atoms with Crippen molar-refractivity contribution in [3.05, 3.63) is 85.8 Å². The lowest BCUT2D eigenvalue weighted by atomic mass is 9.94. The molecular formula is C24H19Cl4N5O2. The summed E-state index contributed by atoms with van der Waals surface area (Å²) in [6.07, 6.45) is 0.418. The Morgan fingerprint density at radius 3 is 2.34 bits per heavy atom. The van der Waals surface area contributed by atoms with Gasteiger partial charge < -0.3 is 16.4 Å². The number of anilines is 2. The fraction of sp³-hybridized carbons (Fsp3) is 0.125. The fourth-order valence-corrected chi connectivity index (χ4v) is 4.46. The van der Waals surface area contributed by atoms with E-state index in [0.29, 0.717) is 61.0 Å². The molecule has 1 aromatic heterocycles. The molecule has 0 saturated carbocycles. The average Bonchev–Trinajstić information content (AvgIpc) is 3.20. The van der Waals surface area contributed by atoms with Crippen molar-refractivity contribution < 1.29 is 9.59 Å². The lowest BCUT2D eigenvalue weighted by Gasteiger charge is -2.17. The molecule has 0 aliphatic carbocycles. The number of nitrogens with two attached hydrogens (primary N) is 1. The van der Waals surface area contributed by atoms with Gasteiger partial charge in [-0.25, -0.2) is 0 Å². The highest BCUT2D eigenvalue weighted by molar-refractivity contribution is 6.42. The van der Waals surface area contributed by atoms with Crippen LogP contribution in [0.4, 0.5) is 11.5 Å². The summed E-state index contributed by atoms with van der Waals surface area (Å²) in [5.41, 5.74) is 7.94. The first-order valence-corrected chi connectivity index (χ1v) is 12.0. The molecule has 0 aliphatic heterocycles. The van der Waals surface area contributed by atoms with Crippen LogP contribution in [0.15, 0.2) is 54.6 Å². The third-order valence-electron chi connectivity index (χ3n) is 5.30. The van der Waals surface area contributed by atoms with Crippen molar-refractivity contribution in [2.45, 2.75) is 12.3 Å². The van der Waals surface area contributed by atoms with E-state index in [1.165, 1.54) is 18.2 Å². The Kier molecular flexibility index (Phi) is 7.84. The van der Waals surface area contributed by atoms with Crippen LogP contribution in [0.1, 0.15) is 28.3 Å². The maximum Gasteiger partial charge on any atom is 0.256 e. The zero-order valence-corrected chi connectivity index (χ0v) is 21.1. The number of hydrogen-bond acceptors (Lipinski definition) is 4.